The number of ether oxygens (including phenoxy) is 2. The summed E-state index contributed by atoms with van der Waals surface area (Å²) in [6.45, 7) is -0.239. The smallest absolute Gasteiger partial charge is 0.343 e. The molecular weight excluding hydrogens is 358 g/mol. The quantitative estimate of drug-likeness (QED) is 0.749. The Labute approximate surface area is 155 Å². The van der Waals surface area contributed by atoms with Crippen LogP contribution in [-0.2, 0) is 20.7 Å². The highest BCUT2D eigenvalue weighted by atomic mass is 35.5. The van der Waals surface area contributed by atoms with E-state index in [4.69, 9.17) is 16.3 Å². The number of pyridine rings is 1. The van der Waals surface area contributed by atoms with Gasteiger partial charge in [0.05, 0.1) is 23.8 Å². The normalized spacial score (nSPS) is 9.88. The lowest BCUT2D eigenvalue weighted by atomic mass is 10.0. The van der Waals surface area contributed by atoms with Crippen LogP contribution in [0.5, 0.6) is 5.75 Å². The largest absolute Gasteiger partial charge is 0.482 e. The Morgan fingerprint density at radius 3 is 2.77 bits per heavy atom. The average Bonchev–Trinajstić information content (AvgIpc) is 2.66. The van der Waals surface area contributed by atoms with Gasteiger partial charge in [0.2, 0.25) is 5.91 Å². The Morgan fingerprint density at radius 1 is 1.31 bits per heavy atom. The molecule has 0 aliphatic rings. The van der Waals surface area contributed by atoms with Crippen LogP contribution >= 0.6 is 11.6 Å². The number of aryl methyl sites for hydroxylation is 1. The molecule has 0 spiro atoms. The van der Waals surface area contributed by atoms with Gasteiger partial charge in [-0.25, -0.2) is 9.78 Å². The molecule has 1 N–H and O–H groups in total. The predicted molar refractivity (Wildman–Crippen MR) is 94.9 cm³/mol. The molecule has 0 aliphatic carbocycles. The van der Waals surface area contributed by atoms with Crippen LogP contribution in [0, 0.1) is 11.3 Å². The van der Waals surface area contributed by atoms with E-state index in [1.807, 2.05) is 0 Å². The highest BCUT2D eigenvalue weighted by Crippen LogP contribution is 2.19. The van der Waals surface area contributed by atoms with Crippen LogP contribution < -0.4 is 10.1 Å². The summed E-state index contributed by atoms with van der Waals surface area (Å²) in [6, 6.07) is 10.2. The van der Waals surface area contributed by atoms with Crippen molar-refractivity contribution in [3.8, 4) is 11.8 Å². The van der Waals surface area contributed by atoms with E-state index in [0.717, 1.165) is 0 Å². The molecule has 26 heavy (non-hydrogen) atoms. The number of rotatable bonds is 7. The lowest BCUT2D eigenvalue weighted by Crippen LogP contribution is -2.14. The van der Waals surface area contributed by atoms with Crippen molar-refractivity contribution in [3.63, 3.8) is 0 Å². The molecule has 0 fully saturated rings. The van der Waals surface area contributed by atoms with Crippen LogP contribution in [0.2, 0.25) is 5.02 Å². The monoisotopic (exact) mass is 373 g/mol. The standard InChI is InChI=1S/C18H16ClN3O4/c1-25-18(24)11-26-15-5-2-12(13(8-15)9-20)3-7-17(23)22-16-6-4-14(19)10-21-16/h2,4-6,8,10H,3,7,11H2,1H3,(H,21,22,23). The summed E-state index contributed by atoms with van der Waals surface area (Å²) in [5.74, 6) is 0.0479. The Balaban J connectivity index is 1.93. The highest BCUT2D eigenvalue weighted by molar-refractivity contribution is 6.30. The summed E-state index contributed by atoms with van der Waals surface area (Å²) in [6.07, 6.45) is 2.00. The van der Waals surface area contributed by atoms with Crippen LogP contribution in [0.4, 0.5) is 5.82 Å². The van der Waals surface area contributed by atoms with Crippen molar-refractivity contribution in [1.82, 2.24) is 4.98 Å². The topological polar surface area (TPSA) is 101 Å². The number of anilines is 1. The van der Waals surface area contributed by atoms with Gasteiger partial charge in [-0.1, -0.05) is 17.7 Å². The van der Waals surface area contributed by atoms with Gasteiger partial charge in [0.25, 0.3) is 0 Å². The lowest BCUT2D eigenvalue weighted by molar-refractivity contribution is -0.142. The maximum Gasteiger partial charge on any atom is 0.343 e. The number of nitriles is 1. The first kappa shape index (κ1) is 19.2. The number of hydrogen-bond acceptors (Lipinski definition) is 6. The van der Waals surface area contributed by atoms with Gasteiger partial charge in [0, 0.05) is 12.6 Å². The molecule has 7 nitrogen and oxygen atoms in total. The van der Waals surface area contributed by atoms with Crippen LogP contribution in [0.25, 0.3) is 0 Å². The van der Waals surface area contributed by atoms with E-state index in [9.17, 15) is 14.9 Å². The molecule has 0 unspecified atom stereocenters. The number of carbonyl (C=O) groups excluding carboxylic acids is 2. The van der Waals surface area contributed by atoms with Crippen molar-refractivity contribution < 1.29 is 19.1 Å². The second-order valence-electron chi connectivity index (χ2n) is 5.21. The SMILES string of the molecule is COC(=O)COc1ccc(CCC(=O)Nc2ccc(Cl)cn2)c(C#N)c1. The summed E-state index contributed by atoms with van der Waals surface area (Å²) in [7, 11) is 1.26. The summed E-state index contributed by atoms with van der Waals surface area (Å²) in [5, 5.41) is 12.4. The van der Waals surface area contributed by atoms with Gasteiger partial charge < -0.3 is 14.8 Å². The van der Waals surface area contributed by atoms with Crippen molar-refractivity contribution in [2.45, 2.75) is 12.8 Å². The number of amides is 1. The second kappa shape index (κ2) is 9.39. The van der Waals surface area contributed by atoms with E-state index in [-0.39, 0.29) is 18.9 Å². The van der Waals surface area contributed by atoms with Gasteiger partial charge in [-0.3, -0.25) is 4.79 Å². The summed E-state index contributed by atoms with van der Waals surface area (Å²) in [5.41, 5.74) is 1.09. The van der Waals surface area contributed by atoms with Crippen LogP contribution in [0.15, 0.2) is 36.5 Å². The van der Waals surface area contributed by atoms with Crippen LogP contribution in [0.3, 0.4) is 0 Å². The first-order valence-corrected chi connectivity index (χ1v) is 8.03. The van der Waals surface area contributed by atoms with Gasteiger partial charge in [-0.15, -0.1) is 0 Å². The molecule has 8 heteroatoms. The molecule has 0 bridgehead atoms. The predicted octanol–water partition coefficient (Wildman–Crippen LogP) is 2.73. The molecule has 2 aromatic rings. The number of hydrogen-bond donors (Lipinski definition) is 1. The fraction of sp³-hybridized carbons (Fsp3) is 0.222. The molecule has 2 rings (SSSR count). The number of esters is 1. The third-order valence-corrected chi connectivity index (χ3v) is 3.63. The third-order valence-electron chi connectivity index (χ3n) is 3.40. The molecular formula is C18H16ClN3O4. The maximum atomic E-state index is 12.0. The number of nitrogens with zero attached hydrogens (tertiary/aromatic N) is 2. The first-order chi connectivity index (χ1) is 12.5. The Morgan fingerprint density at radius 2 is 2.12 bits per heavy atom. The third kappa shape index (κ3) is 5.76. The highest BCUT2D eigenvalue weighted by Gasteiger charge is 2.10. The van der Waals surface area contributed by atoms with Gasteiger partial charge in [0.15, 0.2) is 6.61 Å². The lowest BCUT2D eigenvalue weighted by Gasteiger charge is -2.09. The molecule has 0 radical (unpaired) electrons. The zero-order valence-corrected chi connectivity index (χ0v) is 14.7. The Kier molecular flexibility index (Phi) is 6.94. The molecule has 1 heterocycles. The summed E-state index contributed by atoms with van der Waals surface area (Å²) in [4.78, 5) is 27.1. The van der Waals surface area contributed by atoms with Crippen molar-refractivity contribution in [2.75, 3.05) is 19.0 Å². The van der Waals surface area contributed by atoms with Crippen molar-refractivity contribution >= 4 is 29.3 Å². The number of methoxy groups -OCH3 is 1. The maximum absolute atomic E-state index is 12.0. The fourth-order valence-corrected chi connectivity index (χ4v) is 2.18. The van der Waals surface area contributed by atoms with E-state index in [1.54, 1.807) is 24.3 Å². The van der Waals surface area contributed by atoms with Crippen LogP contribution in [-0.4, -0.2) is 30.6 Å². The molecule has 0 saturated carbocycles. The minimum Gasteiger partial charge on any atom is -0.482 e. The van der Waals surface area contributed by atoms with Gasteiger partial charge >= 0.3 is 5.97 Å². The molecule has 1 aromatic carbocycles. The molecule has 0 saturated heterocycles. The second-order valence-corrected chi connectivity index (χ2v) is 5.64. The molecule has 0 aliphatic heterocycles. The average molecular weight is 374 g/mol. The van der Waals surface area contributed by atoms with Gasteiger partial charge in [-0.05, 0) is 36.2 Å². The van der Waals surface area contributed by atoms with E-state index in [2.05, 4.69) is 21.1 Å². The van der Waals surface area contributed by atoms with E-state index < -0.39 is 5.97 Å². The minimum absolute atomic E-state index is 0.182. The fourth-order valence-electron chi connectivity index (χ4n) is 2.07. The first-order valence-electron chi connectivity index (χ1n) is 7.66. The summed E-state index contributed by atoms with van der Waals surface area (Å²) < 4.78 is 9.73. The Hall–Kier alpha value is -3.11. The number of aromatic nitrogens is 1. The van der Waals surface area contributed by atoms with E-state index in [1.165, 1.54) is 19.4 Å². The number of benzene rings is 1. The number of halogens is 1. The van der Waals surface area contributed by atoms with Gasteiger partial charge in [-0.2, -0.15) is 5.26 Å². The minimum atomic E-state index is -0.514. The van der Waals surface area contributed by atoms with E-state index >= 15 is 0 Å². The zero-order chi connectivity index (χ0) is 18.9. The van der Waals surface area contributed by atoms with Crippen LogP contribution in [0.1, 0.15) is 17.5 Å². The zero-order valence-electron chi connectivity index (χ0n) is 14.0. The molecule has 0 atom stereocenters. The number of nitrogens with one attached hydrogen (secondary N) is 1. The van der Waals surface area contributed by atoms with Crippen molar-refractivity contribution in [3.05, 3.63) is 52.7 Å². The summed E-state index contributed by atoms with van der Waals surface area (Å²) >= 11 is 5.74. The Bertz CT molecular complexity index is 831. The van der Waals surface area contributed by atoms with Crippen molar-refractivity contribution in [1.29, 1.82) is 5.26 Å². The van der Waals surface area contributed by atoms with Crippen molar-refractivity contribution in [2.24, 2.45) is 0 Å². The molecule has 1 amide bonds. The molecule has 134 valence electrons. The molecule has 1 aromatic heterocycles. The van der Waals surface area contributed by atoms with Gasteiger partial charge in [0.1, 0.15) is 11.6 Å². The number of carbonyl (C=O) groups is 2. The van der Waals surface area contributed by atoms with E-state index in [0.29, 0.717) is 34.1 Å².